The molecule has 0 radical (unpaired) electrons. The topological polar surface area (TPSA) is 18.5 Å². The van der Waals surface area contributed by atoms with Crippen LogP contribution in [-0.2, 0) is 9.47 Å². The monoisotopic (exact) mass is 252 g/mol. The van der Waals surface area contributed by atoms with E-state index in [0.29, 0.717) is 5.41 Å². The number of fused-ring (bicyclic) bond motifs is 1. The summed E-state index contributed by atoms with van der Waals surface area (Å²) in [5.74, 6) is 2.41. The van der Waals surface area contributed by atoms with Gasteiger partial charge in [-0.15, -0.1) is 0 Å². The van der Waals surface area contributed by atoms with Gasteiger partial charge < -0.3 is 9.47 Å². The van der Waals surface area contributed by atoms with Crippen LogP contribution in [0.15, 0.2) is 0 Å². The summed E-state index contributed by atoms with van der Waals surface area (Å²) in [6.07, 6.45) is 7.68. The van der Waals surface area contributed by atoms with E-state index in [4.69, 9.17) is 9.47 Å². The van der Waals surface area contributed by atoms with Crippen molar-refractivity contribution in [2.75, 3.05) is 13.2 Å². The Morgan fingerprint density at radius 2 is 1.83 bits per heavy atom. The highest BCUT2D eigenvalue weighted by atomic mass is 16.7. The van der Waals surface area contributed by atoms with Crippen LogP contribution >= 0.6 is 0 Å². The van der Waals surface area contributed by atoms with Crippen molar-refractivity contribution in [3.05, 3.63) is 0 Å². The van der Waals surface area contributed by atoms with Crippen LogP contribution in [0.25, 0.3) is 0 Å². The summed E-state index contributed by atoms with van der Waals surface area (Å²) < 4.78 is 11.9. The van der Waals surface area contributed by atoms with E-state index >= 15 is 0 Å². The Hall–Kier alpha value is -0.0800. The molecule has 0 aromatic heterocycles. The van der Waals surface area contributed by atoms with Crippen molar-refractivity contribution >= 4 is 0 Å². The zero-order chi connectivity index (χ0) is 12.8. The van der Waals surface area contributed by atoms with Crippen molar-refractivity contribution in [2.45, 2.75) is 65.1 Å². The van der Waals surface area contributed by atoms with Crippen molar-refractivity contribution in [2.24, 2.45) is 23.2 Å². The first-order valence-corrected chi connectivity index (χ1v) is 7.87. The summed E-state index contributed by atoms with van der Waals surface area (Å²) in [6, 6.07) is 0. The van der Waals surface area contributed by atoms with Crippen molar-refractivity contribution in [3.63, 3.8) is 0 Å². The molecule has 0 amide bonds. The lowest BCUT2D eigenvalue weighted by molar-refractivity contribution is -0.220. The van der Waals surface area contributed by atoms with Gasteiger partial charge in [0, 0.05) is 12.8 Å². The molecule has 3 fully saturated rings. The SMILES string of the molecule is CC[C@@H]1CCC2CC3(CC[C@]2(C)[C@H]1C)OCCO3. The smallest absolute Gasteiger partial charge is 0.168 e. The summed E-state index contributed by atoms with van der Waals surface area (Å²) in [5.41, 5.74) is 0.527. The third-order valence-electron chi connectivity index (χ3n) is 6.51. The highest BCUT2D eigenvalue weighted by Crippen LogP contribution is 2.58. The van der Waals surface area contributed by atoms with Gasteiger partial charge in [-0.1, -0.05) is 27.2 Å². The normalized spacial score (nSPS) is 47.2. The Morgan fingerprint density at radius 3 is 2.50 bits per heavy atom. The minimum absolute atomic E-state index is 0.192. The minimum Gasteiger partial charge on any atom is -0.348 e. The molecular weight excluding hydrogens is 224 g/mol. The molecule has 0 N–H and O–H groups in total. The molecule has 1 heterocycles. The van der Waals surface area contributed by atoms with Gasteiger partial charge in [0.15, 0.2) is 5.79 Å². The predicted octanol–water partition coefficient (Wildman–Crippen LogP) is 3.99. The molecule has 2 heteroatoms. The van der Waals surface area contributed by atoms with E-state index in [-0.39, 0.29) is 5.79 Å². The van der Waals surface area contributed by atoms with Gasteiger partial charge in [0.1, 0.15) is 0 Å². The summed E-state index contributed by atoms with van der Waals surface area (Å²) in [4.78, 5) is 0. The van der Waals surface area contributed by atoms with Crippen LogP contribution in [0.3, 0.4) is 0 Å². The molecule has 3 aliphatic rings. The van der Waals surface area contributed by atoms with Crippen LogP contribution in [0, 0.1) is 23.2 Å². The van der Waals surface area contributed by atoms with Gasteiger partial charge in [-0.25, -0.2) is 0 Å². The van der Waals surface area contributed by atoms with Crippen LogP contribution in [-0.4, -0.2) is 19.0 Å². The molecule has 2 aliphatic carbocycles. The van der Waals surface area contributed by atoms with E-state index in [1.54, 1.807) is 0 Å². The van der Waals surface area contributed by atoms with Gasteiger partial charge in [-0.3, -0.25) is 0 Å². The average molecular weight is 252 g/mol. The third-order valence-corrected chi connectivity index (χ3v) is 6.51. The van der Waals surface area contributed by atoms with Crippen LogP contribution in [0.5, 0.6) is 0 Å². The minimum atomic E-state index is -0.192. The van der Waals surface area contributed by atoms with Crippen LogP contribution in [0.4, 0.5) is 0 Å². The molecule has 4 atom stereocenters. The molecule has 18 heavy (non-hydrogen) atoms. The quantitative estimate of drug-likeness (QED) is 0.702. The second-order valence-electron chi connectivity index (χ2n) is 7.05. The standard InChI is InChI=1S/C16H28O2/c1-4-13-5-6-14-11-16(17-9-10-18-16)8-7-15(14,3)12(13)2/h12-14H,4-11H2,1-3H3/t12-,13+,14?,15+/m0/s1. The van der Waals surface area contributed by atoms with E-state index in [9.17, 15) is 0 Å². The molecule has 2 saturated carbocycles. The Kier molecular flexibility index (Phi) is 3.22. The molecule has 104 valence electrons. The van der Waals surface area contributed by atoms with E-state index in [1.807, 2.05) is 0 Å². The maximum atomic E-state index is 5.94. The fourth-order valence-electron chi connectivity index (χ4n) is 4.93. The van der Waals surface area contributed by atoms with Gasteiger partial charge in [0.05, 0.1) is 13.2 Å². The first-order chi connectivity index (χ1) is 8.60. The molecule has 0 bridgehead atoms. The lowest BCUT2D eigenvalue weighted by Gasteiger charge is -2.55. The second-order valence-corrected chi connectivity index (χ2v) is 7.05. The summed E-state index contributed by atoms with van der Waals surface area (Å²) in [5, 5.41) is 0. The van der Waals surface area contributed by atoms with Crippen molar-refractivity contribution < 1.29 is 9.47 Å². The molecular formula is C16H28O2. The number of hydrogen-bond acceptors (Lipinski definition) is 2. The van der Waals surface area contributed by atoms with Crippen molar-refractivity contribution in [3.8, 4) is 0 Å². The van der Waals surface area contributed by atoms with Crippen LogP contribution in [0.1, 0.15) is 59.3 Å². The van der Waals surface area contributed by atoms with Gasteiger partial charge in [0.25, 0.3) is 0 Å². The molecule has 2 nitrogen and oxygen atoms in total. The van der Waals surface area contributed by atoms with Crippen molar-refractivity contribution in [1.82, 2.24) is 0 Å². The first kappa shape index (κ1) is 12.9. The van der Waals surface area contributed by atoms with Gasteiger partial charge in [0.2, 0.25) is 0 Å². The van der Waals surface area contributed by atoms with Crippen LogP contribution in [0.2, 0.25) is 0 Å². The molecule has 1 unspecified atom stereocenters. The van der Waals surface area contributed by atoms with Gasteiger partial charge in [-0.05, 0) is 42.4 Å². The summed E-state index contributed by atoms with van der Waals surface area (Å²) >= 11 is 0. The molecule has 0 aromatic carbocycles. The predicted molar refractivity (Wildman–Crippen MR) is 72.3 cm³/mol. The fraction of sp³-hybridized carbons (Fsp3) is 1.00. The number of rotatable bonds is 1. The Labute approximate surface area is 111 Å². The molecule has 0 aromatic rings. The average Bonchev–Trinajstić information content (AvgIpc) is 2.82. The van der Waals surface area contributed by atoms with E-state index in [2.05, 4.69) is 20.8 Å². The van der Waals surface area contributed by atoms with E-state index in [0.717, 1.165) is 43.8 Å². The lowest BCUT2D eigenvalue weighted by atomic mass is 9.52. The molecule has 1 saturated heterocycles. The fourth-order valence-corrected chi connectivity index (χ4v) is 4.93. The van der Waals surface area contributed by atoms with Gasteiger partial charge in [-0.2, -0.15) is 0 Å². The first-order valence-electron chi connectivity index (χ1n) is 7.87. The Morgan fingerprint density at radius 1 is 1.11 bits per heavy atom. The van der Waals surface area contributed by atoms with E-state index < -0.39 is 0 Å². The third kappa shape index (κ3) is 1.84. The zero-order valence-corrected chi connectivity index (χ0v) is 12.2. The lowest BCUT2D eigenvalue weighted by Crippen LogP contribution is -2.51. The summed E-state index contributed by atoms with van der Waals surface area (Å²) in [7, 11) is 0. The van der Waals surface area contributed by atoms with Gasteiger partial charge >= 0.3 is 0 Å². The summed E-state index contributed by atoms with van der Waals surface area (Å²) in [6.45, 7) is 8.99. The molecule has 1 aliphatic heterocycles. The molecule has 3 rings (SSSR count). The van der Waals surface area contributed by atoms with Crippen LogP contribution < -0.4 is 0 Å². The number of hydrogen-bond donors (Lipinski definition) is 0. The zero-order valence-electron chi connectivity index (χ0n) is 12.2. The highest BCUT2D eigenvalue weighted by Gasteiger charge is 2.54. The maximum absolute atomic E-state index is 5.94. The largest absolute Gasteiger partial charge is 0.348 e. The highest BCUT2D eigenvalue weighted by molar-refractivity contribution is 5.00. The Balaban J connectivity index is 1.78. The van der Waals surface area contributed by atoms with Crippen molar-refractivity contribution in [1.29, 1.82) is 0 Å². The Bertz CT molecular complexity index is 308. The van der Waals surface area contributed by atoms with E-state index in [1.165, 1.54) is 25.7 Å². The second kappa shape index (κ2) is 4.49. The maximum Gasteiger partial charge on any atom is 0.168 e. The number of ether oxygens (including phenoxy) is 2. The molecule has 1 spiro atoms.